The Morgan fingerprint density at radius 3 is 2.25 bits per heavy atom. The summed E-state index contributed by atoms with van der Waals surface area (Å²) in [5.41, 5.74) is 1.53. The van der Waals surface area contributed by atoms with E-state index in [1.165, 1.54) is 4.90 Å². The van der Waals surface area contributed by atoms with Crippen molar-refractivity contribution >= 4 is 51.0 Å². The second kappa shape index (κ2) is 9.24. The predicted molar refractivity (Wildman–Crippen MR) is 138 cm³/mol. The van der Waals surface area contributed by atoms with E-state index in [0.717, 1.165) is 10.8 Å². The first-order chi connectivity index (χ1) is 17.3. The van der Waals surface area contributed by atoms with E-state index in [1.54, 1.807) is 54.6 Å². The first kappa shape index (κ1) is 23.2. The molecule has 2 N–H and O–H groups in total. The van der Waals surface area contributed by atoms with Gasteiger partial charge >= 0.3 is 6.03 Å². The largest absolute Gasteiger partial charge is 0.326 e. The first-order valence-electron chi connectivity index (χ1n) is 11.5. The van der Waals surface area contributed by atoms with Crippen LogP contribution in [0.5, 0.6) is 0 Å². The molecule has 0 radical (unpaired) electrons. The number of carbonyl (C=O) groups excluding carboxylic acids is 4. The van der Waals surface area contributed by atoms with Crippen LogP contribution in [0.4, 0.5) is 10.5 Å². The number of hydrogen-bond donors (Lipinski definition) is 2. The zero-order chi connectivity index (χ0) is 25.4. The van der Waals surface area contributed by atoms with Crippen LogP contribution in [0, 0.1) is 0 Å². The number of nitrogens with one attached hydrogen (secondary N) is 2. The number of imide groups is 2. The highest BCUT2D eigenvalue weighted by molar-refractivity contribution is 6.32. The number of urea groups is 1. The van der Waals surface area contributed by atoms with Gasteiger partial charge in [0.1, 0.15) is 0 Å². The van der Waals surface area contributed by atoms with Gasteiger partial charge in [-0.15, -0.1) is 0 Å². The number of fused-ring (bicyclic) bond motifs is 2. The van der Waals surface area contributed by atoms with Crippen molar-refractivity contribution in [3.05, 3.63) is 89.5 Å². The molecule has 1 aliphatic heterocycles. The molecule has 0 atom stereocenters. The van der Waals surface area contributed by atoms with Gasteiger partial charge in [-0.05, 0) is 55.2 Å². The zero-order valence-electron chi connectivity index (χ0n) is 19.9. The van der Waals surface area contributed by atoms with Crippen molar-refractivity contribution < 1.29 is 19.2 Å². The number of carbonyl (C=O) groups is 4. The fraction of sp³-hybridized carbons (Fsp3) is 0.143. The normalized spacial score (nSPS) is 12.9. The molecule has 0 aromatic heterocycles. The topological polar surface area (TPSA) is 98.8 Å². The van der Waals surface area contributed by atoms with Crippen LogP contribution in [0.1, 0.15) is 31.1 Å². The van der Waals surface area contributed by atoms with E-state index in [1.807, 2.05) is 37.2 Å². The molecule has 0 saturated carbocycles. The summed E-state index contributed by atoms with van der Waals surface area (Å²) in [7, 11) is 3.75. The Hall–Kier alpha value is -4.56. The minimum Gasteiger partial charge on any atom is -0.308 e. The van der Waals surface area contributed by atoms with Crippen LogP contribution >= 0.6 is 0 Å². The number of amides is 5. The Balaban J connectivity index is 1.59. The van der Waals surface area contributed by atoms with E-state index < -0.39 is 17.8 Å². The Labute approximate surface area is 207 Å². The van der Waals surface area contributed by atoms with Gasteiger partial charge in [0.25, 0.3) is 17.7 Å². The van der Waals surface area contributed by atoms with Gasteiger partial charge in [0.05, 0.1) is 11.3 Å². The van der Waals surface area contributed by atoms with Gasteiger partial charge in [-0.3, -0.25) is 24.6 Å². The Morgan fingerprint density at radius 2 is 1.53 bits per heavy atom. The first-order valence-corrected chi connectivity index (χ1v) is 11.5. The van der Waals surface area contributed by atoms with E-state index in [0.29, 0.717) is 39.7 Å². The summed E-state index contributed by atoms with van der Waals surface area (Å²) in [5, 5.41) is 7.64. The molecule has 1 heterocycles. The van der Waals surface area contributed by atoms with E-state index >= 15 is 0 Å². The number of hydrogen-bond acceptors (Lipinski definition) is 5. The smallest absolute Gasteiger partial charge is 0.308 e. The minimum atomic E-state index is -0.722. The standard InChI is InChI=1S/C28H24N4O4/c1-31(2)14-15-32-26(34)20-12-6-10-18-16-19-11-7-13-21(23(19)24(22(18)20)27(32)35)29-28(36)30-25(33)17-8-4-3-5-9-17/h3-13,16H,14-15H2,1-2H3,(H2,29,30,33,36). The van der Waals surface area contributed by atoms with E-state index in [-0.39, 0.29) is 12.5 Å². The molecule has 36 heavy (non-hydrogen) atoms. The molecule has 4 aromatic carbocycles. The van der Waals surface area contributed by atoms with Crippen LogP contribution in [0.3, 0.4) is 0 Å². The van der Waals surface area contributed by atoms with Gasteiger partial charge in [0.2, 0.25) is 0 Å². The van der Waals surface area contributed by atoms with Crippen molar-refractivity contribution in [1.82, 2.24) is 15.1 Å². The summed E-state index contributed by atoms with van der Waals surface area (Å²) in [5.74, 6) is -1.29. The molecule has 0 aliphatic carbocycles. The van der Waals surface area contributed by atoms with Gasteiger partial charge in [-0.1, -0.05) is 42.5 Å². The number of anilines is 1. The molecular weight excluding hydrogens is 456 g/mol. The molecule has 5 rings (SSSR count). The highest BCUT2D eigenvalue weighted by Crippen LogP contribution is 2.38. The molecule has 0 saturated heterocycles. The van der Waals surface area contributed by atoms with Crippen LogP contribution in [0.2, 0.25) is 0 Å². The Bertz CT molecular complexity index is 1550. The SMILES string of the molecule is CN(C)CCN1C(=O)c2cccc3cc4cccc(NC(=O)NC(=O)c5ccccc5)c4c(c23)C1=O. The minimum absolute atomic E-state index is 0.235. The summed E-state index contributed by atoms with van der Waals surface area (Å²) in [6, 6.07) is 20.3. The third-order valence-electron chi connectivity index (χ3n) is 6.22. The molecule has 0 spiro atoms. The molecule has 180 valence electrons. The predicted octanol–water partition coefficient (Wildman–Crippen LogP) is 4.11. The van der Waals surface area contributed by atoms with Crippen LogP contribution in [-0.4, -0.2) is 60.7 Å². The Kier molecular flexibility index (Phi) is 5.95. The van der Waals surface area contributed by atoms with E-state index in [4.69, 9.17) is 0 Å². The number of benzene rings is 4. The summed E-state index contributed by atoms with van der Waals surface area (Å²) in [6.45, 7) is 0.751. The third kappa shape index (κ3) is 4.08. The second-order valence-electron chi connectivity index (χ2n) is 8.90. The van der Waals surface area contributed by atoms with Crippen molar-refractivity contribution in [3.8, 4) is 0 Å². The maximum atomic E-state index is 13.7. The third-order valence-corrected chi connectivity index (χ3v) is 6.22. The molecule has 0 fully saturated rings. The zero-order valence-corrected chi connectivity index (χ0v) is 19.9. The van der Waals surface area contributed by atoms with Crippen LogP contribution in [0.15, 0.2) is 72.8 Å². The number of nitrogens with zero attached hydrogens (tertiary/aromatic N) is 2. The van der Waals surface area contributed by atoms with E-state index in [9.17, 15) is 19.2 Å². The monoisotopic (exact) mass is 480 g/mol. The molecule has 8 heteroatoms. The van der Waals surface area contributed by atoms with Crippen molar-refractivity contribution in [1.29, 1.82) is 0 Å². The lowest BCUT2D eigenvalue weighted by atomic mass is 9.89. The lowest BCUT2D eigenvalue weighted by molar-refractivity contribution is 0.0602. The van der Waals surface area contributed by atoms with Crippen molar-refractivity contribution in [3.63, 3.8) is 0 Å². The maximum absolute atomic E-state index is 13.7. The summed E-state index contributed by atoms with van der Waals surface area (Å²) in [4.78, 5) is 55.4. The fourth-order valence-corrected chi connectivity index (χ4v) is 4.52. The molecule has 8 nitrogen and oxygen atoms in total. The van der Waals surface area contributed by atoms with Crippen LogP contribution < -0.4 is 10.6 Å². The molecule has 5 amide bonds. The van der Waals surface area contributed by atoms with Crippen LogP contribution in [0.25, 0.3) is 21.5 Å². The molecule has 0 unspecified atom stereocenters. The maximum Gasteiger partial charge on any atom is 0.326 e. The second-order valence-corrected chi connectivity index (χ2v) is 8.90. The average molecular weight is 481 g/mol. The lowest BCUT2D eigenvalue weighted by Crippen LogP contribution is -2.43. The lowest BCUT2D eigenvalue weighted by Gasteiger charge is -2.29. The summed E-state index contributed by atoms with van der Waals surface area (Å²) < 4.78 is 0. The summed E-state index contributed by atoms with van der Waals surface area (Å²) in [6.07, 6.45) is 0. The molecule has 0 bridgehead atoms. The van der Waals surface area contributed by atoms with Crippen molar-refractivity contribution in [2.45, 2.75) is 0 Å². The quantitative estimate of drug-likeness (QED) is 0.331. The molecule has 1 aliphatic rings. The van der Waals surface area contributed by atoms with Gasteiger partial charge < -0.3 is 10.2 Å². The number of likely N-dealkylation sites (N-methyl/N-ethyl adjacent to an activating group) is 1. The van der Waals surface area contributed by atoms with Gasteiger partial charge in [0.15, 0.2) is 0 Å². The van der Waals surface area contributed by atoms with Gasteiger partial charge in [-0.25, -0.2) is 4.79 Å². The van der Waals surface area contributed by atoms with Crippen LogP contribution in [-0.2, 0) is 0 Å². The van der Waals surface area contributed by atoms with Gasteiger partial charge in [-0.2, -0.15) is 0 Å². The molecule has 4 aromatic rings. The fourth-order valence-electron chi connectivity index (χ4n) is 4.52. The van der Waals surface area contributed by atoms with E-state index in [2.05, 4.69) is 10.6 Å². The summed E-state index contributed by atoms with van der Waals surface area (Å²) >= 11 is 0. The van der Waals surface area contributed by atoms with Crippen molar-refractivity contribution in [2.24, 2.45) is 0 Å². The highest BCUT2D eigenvalue weighted by atomic mass is 16.2. The number of rotatable bonds is 5. The Morgan fingerprint density at radius 1 is 0.833 bits per heavy atom. The molecular formula is C28H24N4O4. The average Bonchev–Trinajstić information content (AvgIpc) is 2.86. The van der Waals surface area contributed by atoms with Gasteiger partial charge in [0, 0.05) is 35.0 Å². The van der Waals surface area contributed by atoms with Crippen molar-refractivity contribution in [2.75, 3.05) is 32.5 Å². The highest BCUT2D eigenvalue weighted by Gasteiger charge is 2.34.